The number of fused-ring (bicyclic) bond motifs is 2. The number of hydrogen-bond donors (Lipinski definition) is 1. The number of likely N-dealkylation sites (tertiary alicyclic amines) is 1. The van der Waals surface area contributed by atoms with Gasteiger partial charge < -0.3 is 9.73 Å². The molecule has 0 unspecified atom stereocenters. The van der Waals surface area contributed by atoms with Gasteiger partial charge in [0.05, 0.1) is 12.7 Å². The van der Waals surface area contributed by atoms with E-state index in [1.54, 1.807) is 0 Å². The Kier molecular flexibility index (Phi) is 3.39. The molecule has 3 rings (SSSR count). The van der Waals surface area contributed by atoms with E-state index in [1.807, 2.05) is 6.20 Å². The Bertz CT molecular complexity index is 423. The van der Waals surface area contributed by atoms with Crippen LogP contribution in [0.15, 0.2) is 10.6 Å². The summed E-state index contributed by atoms with van der Waals surface area (Å²) in [5.74, 6) is 3.48. The smallest absolute Gasteiger partial charge is 0.208 e. The lowest BCUT2D eigenvalue weighted by Gasteiger charge is -2.41. The number of nitrogens with zero attached hydrogens (tertiary/aromatic N) is 2. The quantitative estimate of drug-likeness (QED) is 0.886. The van der Waals surface area contributed by atoms with Crippen LogP contribution >= 0.6 is 0 Å². The van der Waals surface area contributed by atoms with Gasteiger partial charge >= 0.3 is 0 Å². The van der Waals surface area contributed by atoms with Crippen LogP contribution < -0.4 is 5.32 Å². The summed E-state index contributed by atoms with van der Waals surface area (Å²) < 4.78 is 5.90. The average molecular weight is 263 g/mol. The van der Waals surface area contributed by atoms with Crippen molar-refractivity contribution in [2.45, 2.75) is 39.2 Å². The summed E-state index contributed by atoms with van der Waals surface area (Å²) in [6.45, 7) is 12.0. The van der Waals surface area contributed by atoms with Crippen molar-refractivity contribution < 1.29 is 4.42 Å². The predicted molar refractivity (Wildman–Crippen MR) is 74.9 cm³/mol. The zero-order valence-corrected chi connectivity index (χ0v) is 12.3. The van der Waals surface area contributed by atoms with Crippen molar-refractivity contribution in [2.24, 2.45) is 11.8 Å². The molecule has 2 fully saturated rings. The highest BCUT2D eigenvalue weighted by molar-refractivity contribution is 5.06. The Hall–Kier alpha value is -0.870. The Balaban J connectivity index is 1.63. The number of piperidine rings is 2. The van der Waals surface area contributed by atoms with Crippen molar-refractivity contribution in [3.63, 3.8) is 0 Å². The minimum atomic E-state index is 0.0492. The fourth-order valence-electron chi connectivity index (χ4n) is 3.26. The second-order valence-electron chi connectivity index (χ2n) is 7.19. The van der Waals surface area contributed by atoms with Crippen molar-refractivity contribution in [1.82, 2.24) is 15.2 Å². The van der Waals surface area contributed by atoms with Crippen LogP contribution in [0, 0.1) is 11.8 Å². The lowest BCUT2D eigenvalue weighted by molar-refractivity contribution is 0.0840. The van der Waals surface area contributed by atoms with Gasteiger partial charge in [0.25, 0.3) is 0 Å². The summed E-state index contributed by atoms with van der Waals surface area (Å²) in [6.07, 6.45) is 3.28. The average Bonchev–Trinajstić information content (AvgIpc) is 2.76. The minimum Gasteiger partial charge on any atom is -0.444 e. The third kappa shape index (κ3) is 3.00. The maximum Gasteiger partial charge on any atom is 0.208 e. The van der Waals surface area contributed by atoms with Gasteiger partial charge in [-0.25, -0.2) is 4.98 Å². The van der Waals surface area contributed by atoms with E-state index in [-0.39, 0.29) is 5.41 Å². The maximum atomic E-state index is 5.90. The molecule has 0 amide bonds. The first-order valence-corrected chi connectivity index (χ1v) is 7.39. The molecule has 2 bridgehead atoms. The Morgan fingerprint density at radius 1 is 1.32 bits per heavy atom. The molecule has 2 aliphatic rings. The summed E-state index contributed by atoms with van der Waals surface area (Å²) in [7, 11) is 0. The first-order chi connectivity index (χ1) is 9.00. The minimum absolute atomic E-state index is 0.0492. The molecule has 0 aliphatic carbocycles. The van der Waals surface area contributed by atoms with E-state index in [0.717, 1.165) is 30.0 Å². The molecule has 0 radical (unpaired) electrons. The lowest BCUT2D eigenvalue weighted by Crippen LogP contribution is -2.50. The molecule has 4 nitrogen and oxygen atoms in total. The van der Waals surface area contributed by atoms with Gasteiger partial charge in [-0.15, -0.1) is 0 Å². The summed E-state index contributed by atoms with van der Waals surface area (Å²) in [5, 5.41) is 3.53. The number of rotatable bonds is 2. The van der Waals surface area contributed by atoms with Crippen LogP contribution in [-0.4, -0.2) is 36.1 Å². The van der Waals surface area contributed by atoms with Crippen molar-refractivity contribution in [3.05, 3.63) is 17.8 Å². The van der Waals surface area contributed by atoms with E-state index >= 15 is 0 Å². The van der Waals surface area contributed by atoms with Gasteiger partial charge in [-0.3, -0.25) is 4.90 Å². The van der Waals surface area contributed by atoms with Crippen LogP contribution in [0.3, 0.4) is 0 Å². The van der Waals surface area contributed by atoms with Gasteiger partial charge in [0.15, 0.2) is 0 Å². The predicted octanol–water partition coefficient (Wildman–Crippen LogP) is 2.01. The lowest BCUT2D eigenvalue weighted by atomic mass is 9.86. The fraction of sp³-hybridized carbons (Fsp3) is 0.800. The highest BCUT2D eigenvalue weighted by Crippen LogP contribution is 2.27. The molecule has 1 N–H and O–H groups in total. The van der Waals surface area contributed by atoms with Gasteiger partial charge in [-0.05, 0) is 31.3 Å². The largest absolute Gasteiger partial charge is 0.444 e. The van der Waals surface area contributed by atoms with Crippen molar-refractivity contribution in [3.8, 4) is 0 Å². The van der Waals surface area contributed by atoms with E-state index in [4.69, 9.17) is 4.42 Å². The zero-order valence-electron chi connectivity index (χ0n) is 12.3. The molecule has 2 atom stereocenters. The zero-order chi connectivity index (χ0) is 13.5. The number of hydrogen-bond acceptors (Lipinski definition) is 4. The summed E-state index contributed by atoms with van der Waals surface area (Å²) in [5.41, 5.74) is 0.0492. The molecule has 19 heavy (non-hydrogen) atoms. The molecular formula is C15H25N3O. The highest BCUT2D eigenvalue weighted by Gasteiger charge is 2.31. The molecule has 2 saturated heterocycles. The van der Waals surface area contributed by atoms with Gasteiger partial charge in [0.1, 0.15) is 5.76 Å². The van der Waals surface area contributed by atoms with E-state index < -0.39 is 0 Å². The van der Waals surface area contributed by atoms with E-state index in [2.05, 4.69) is 36.0 Å². The first kappa shape index (κ1) is 13.1. The first-order valence-electron chi connectivity index (χ1n) is 7.39. The molecule has 0 aromatic carbocycles. The van der Waals surface area contributed by atoms with Crippen LogP contribution in [0.2, 0.25) is 0 Å². The summed E-state index contributed by atoms with van der Waals surface area (Å²) in [4.78, 5) is 6.96. The Morgan fingerprint density at radius 2 is 2.00 bits per heavy atom. The molecular weight excluding hydrogens is 238 g/mol. The Morgan fingerprint density at radius 3 is 2.58 bits per heavy atom. The topological polar surface area (TPSA) is 41.3 Å². The number of aromatic nitrogens is 1. The molecule has 1 aromatic rings. The van der Waals surface area contributed by atoms with Crippen LogP contribution in [0.5, 0.6) is 0 Å². The van der Waals surface area contributed by atoms with Crippen LogP contribution in [-0.2, 0) is 12.0 Å². The highest BCUT2D eigenvalue weighted by atomic mass is 16.4. The maximum absolute atomic E-state index is 5.90. The third-order valence-electron chi connectivity index (χ3n) is 4.22. The van der Waals surface area contributed by atoms with Crippen molar-refractivity contribution >= 4 is 0 Å². The molecule has 0 spiro atoms. The molecule has 106 valence electrons. The van der Waals surface area contributed by atoms with Gasteiger partial charge in [0, 0.05) is 18.5 Å². The standard InChI is InChI=1S/C15H25N3O/c1-15(2,3)13-7-17-14(19-13)10-18-8-11-4-12(9-18)6-16-5-11/h7,11-12,16H,4-6,8-10H2,1-3H3/t11-,12-/m1/s1. The fourth-order valence-corrected chi connectivity index (χ4v) is 3.26. The number of nitrogens with one attached hydrogen (secondary N) is 1. The van der Waals surface area contributed by atoms with E-state index in [0.29, 0.717) is 0 Å². The van der Waals surface area contributed by atoms with E-state index in [1.165, 1.54) is 32.6 Å². The second-order valence-corrected chi connectivity index (χ2v) is 7.19. The van der Waals surface area contributed by atoms with Crippen molar-refractivity contribution in [2.75, 3.05) is 26.2 Å². The third-order valence-corrected chi connectivity index (χ3v) is 4.22. The van der Waals surface area contributed by atoms with Gasteiger partial charge in [0.2, 0.25) is 5.89 Å². The molecule has 0 saturated carbocycles. The van der Waals surface area contributed by atoms with E-state index in [9.17, 15) is 0 Å². The Labute approximate surface area is 115 Å². The summed E-state index contributed by atoms with van der Waals surface area (Å²) in [6, 6.07) is 0. The van der Waals surface area contributed by atoms with Gasteiger partial charge in [-0.2, -0.15) is 0 Å². The molecule has 1 aromatic heterocycles. The number of oxazole rings is 1. The SMILES string of the molecule is CC(C)(C)c1cnc(CN2C[C@H]3CNC[C@@H](C3)C2)o1. The summed E-state index contributed by atoms with van der Waals surface area (Å²) >= 11 is 0. The molecule has 2 aliphatic heterocycles. The normalized spacial score (nSPS) is 28.6. The molecule has 4 heteroatoms. The van der Waals surface area contributed by atoms with Crippen LogP contribution in [0.4, 0.5) is 0 Å². The van der Waals surface area contributed by atoms with Crippen molar-refractivity contribution in [1.29, 1.82) is 0 Å². The second kappa shape index (κ2) is 4.91. The monoisotopic (exact) mass is 263 g/mol. The molecule has 3 heterocycles. The van der Waals surface area contributed by atoms with Crippen LogP contribution in [0.1, 0.15) is 38.8 Å². The van der Waals surface area contributed by atoms with Crippen LogP contribution in [0.25, 0.3) is 0 Å². The van der Waals surface area contributed by atoms with Gasteiger partial charge in [-0.1, -0.05) is 20.8 Å².